The minimum atomic E-state index is -1.02. The summed E-state index contributed by atoms with van der Waals surface area (Å²) in [5.41, 5.74) is -1.36. The molecule has 1 aliphatic rings. The Kier molecular flexibility index (Phi) is 5.18. The molecule has 5 heteroatoms. The van der Waals surface area contributed by atoms with Crippen molar-refractivity contribution < 1.29 is 23.9 Å². The average molecular weight is 298 g/mol. The van der Waals surface area contributed by atoms with Crippen LogP contribution in [0.4, 0.5) is 0 Å². The summed E-state index contributed by atoms with van der Waals surface area (Å²) >= 11 is 0. The van der Waals surface area contributed by atoms with Crippen LogP contribution in [0.15, 0.2) is 0 Å². The highest BCUT2D eigenvalue weighted by Gasteiger charge is 2.43. The van der Waals surface area contributed by atoms with E-state index in [0.29, 0.717) is 12.8 Å². The first-order valence-electron chi connectivity index (χ1n) is 7.36. The molecule has 0 saturated heterocycles. The lowest BCUT2D eigenvalue weighted by Crippen LogP contribution is -2.40. The van der Waals surface area contributed by atoms with Gasteiger partial charge < -0.3 is 9.47 Å². The fourth-order valence-corrected chi connectivity index (χ4v) is 2.34. The lowest BCUT2D eigenvalue weighted by molar-refractivity contribution is -0.177. The highest BCUT2D eigenvalue weighted by molar-refractivity contribution is 5.97. The number of hydrogen-bond donors (Lipinski definition) is 0. The molecule has 1 fully saturated rings. The van der Waals surface area contributed by atoms with E-state index in [1.54, 1.807) is 41.5 Å². The molecule has 1 atom stereocenters. The number of hydrogen-bond acceptors (Lipinski definition) is 5. The van der Waals surface area contributed by atoms with Crippen molar-refractivity contribution in [2.24, 2.45) is 11.8 Å². The van der Waals surface area contributed by atoms with Gasteiger partial charge in [-0.15, -0.1) is 0 Å². The van der Waals surface area contributed by atoms with Crippen LogP contribution in [-0.2, 0) is 23.9 Å². The predicted octanol–water partition coefficient (Wildman–Crippen LogP) is 2.66. The molecule has 0 aromatic heterocycles. The van der Waals surface area contributed by atoms with Crippen molar-refractivity contribution in [1.82, 2.24) is 0 Å². The predicted molar refractivity (Wildman–Crippen MR) is 77.5 cm³/mol. The van der Waals surface area contributed by atoms with Crippen LogP contribution in [0.1, 0.15) is 60.8 Å². The molecule has 120 valence electrons. The minimum absolute atomic E-state index is 0.0807. The molecule has 0 N–H and O–H groups in total. The maximum atomic E-state index is 12.3. The summed E-state index contributed by atoms with van der Waals surface area (Å²) in [6.07, 6.45) is 1.18. The van der Waals surface area contributed by atoms with Crippen LogP contribution in [0, 0.1) is 11.8 Å². The van der Waals surface area contributed by atoms with Crippen LogP contribution in [0.2, 0.25) is 0 Å². The maximum absolute atomic E-state index is 12.3. The molecule has 0 aromatic rings. The number of rotatable bonds is 3. The smallest absolute Gasteiger partial charge is 0.321 e. The molecule has 0 amide bonds. The third-order valence-corrected chi connectivity index (χ3v) is 3.08. The molecule has 0 aliphatic heterocycles. The van der Waals surface area contributed by atoms with Crippen molar-refractivity contribution in [3.63, 3.8) is 0 Å². The van der Waals surface area contributed by atoms with Gasteiger partial charge in [0, 0.05) is 12.8 Å². The first kappa shape index (κ1) is 17.7. The van der Waals surface area contributed by atoms with E-state index in [2.05, 4.69) is 0 Å². The molecule has 0 heterocycles. The van der Waals surface area contributed by atoms with Gasteiger partial charge in [-0.1, -0.05) is 0 Å². The summed E-state index contributed by atoms with van der Waals surface area (Å²) in [5, 5.41) is 0. The SMILES string of the molecule is CC(C)(C)OC(=O)C(C(=O)OC(C)(C)C)[C@@H]1CCC(=O)C1. The van der Waals surface area contributed by atoms with E-state index < -0.39 is 29.1 Å². The molecule has 0 spiro atoms. The second-order valence-corrected chi connectivity index (χ2v) is 7.59. The molecule has 0 bridgehead atoms. The largest absolute Gasteiger partial charge is 0.459 e. The fraction of sp³-hybridized carbons (Fsp3) is 0.812. The van der Waals surface area contributed by atoms with Gasteiger partial charge in [0.25, 0.3) is 0 Å². The molecule has 0 unspecified atom stereocenters. The molecular weight excluding hydrogens is 272 g/mol. The lowest BCUT2D eigenvalue weighted by atomic mass is 9.90. The van der Waals surface area contributed by atoms with Crippen molar-refractivity contribution in [2.45, 2.75) is 72.0 Å². The van der Waals surface area contributed by atoms with Crippen molar-refractivity contribution in [1.29, 1.82) is 0 Å². The molecule has 5 nitrogen and oxygen atoms in total. The topological polar surface area (TPSA) is 69.7 Å². The number of ketones is 1. The van der Waals surface area contributed by atoms with Gasteiger partial charge in [0.15, 0.2) is 5.92 Å². The van der Waals surface area contributed by atoms with Crippen LogP contribution in [0.3, 0.4) is 0 Å². The number of esters is 2. The van der Waals surface area contributed by atoms with Crippen molar-refractivity contribution in [3.8, 4) is 0 Å². The number of carbonyl (C=O) groups excluding carboxylic acids is 3. The van der Waals surface area contributed by atoms with Gasteiger partial charge in [-0.3, -0.25) is 14.4 Å². The van der Waals surface area contributed by atoms with Gasteiger partial charge in [-0.05, 0) is 53.9 Å². The lowest BCUT2D eigenvalue weighted by Gasteiger charge is -2.28. The van der Waals surface area contributed by atoms with Crippen molar-refractivity contribution in [3.05, 3.63) is 0 Å². The quantitative estimate of drug-likeness (QED) is 0.592. The third kappa shape index (κ3) is 5.86. The Hall–Kier alpha value is -1.39. The van der Waals surface area contributed by atoms with Gasteiger partial charge in [-0.2, -0.15) is 0 Å². The highest BCUT2D eigenvalue weighted by atomic mass is 16.6. The van der Waals surface area contributed by atoms with E-state index in [-0.39, 0.29) is 18.1 Å². The van der Waals surface area contributed by atoms with Gasteiger partial charge in [0.1, 0.15) is 17.0 Å². The van der Waals surface area contributed by atoms with Gasteiger partial charge in [0.05, 0.1) is 0 Å². The Morgan fingerprint density at radius 1 is 1.00 bits per heavy atom. The van der Waals surface area contributed by atoms with E-state index in [9.17, 15) is 14.4 Å². The van der Waals surface area contributed by atoms with Crippen molar-refractivity contribution >= 4 is 17.7 Å². The van der Waals surface area contributed by atoms with E-state index in [1.165, 1.54) is 0 Å². The Labute approximate surface area is 126 Å². The number of carbonyl (C=O) groups is 3. The Bertz CT molecular complexity index is 397. The first-order valence-corrected chi connectivity index (χ1v) is 7.36. The van der Waals surface area contributed by atoms with Crippen molar-refractivity contribution in [2.75, 3.05) is 0 Å². The summed E-state index contributed by atoms with van der Waals surface area (Å²) < 4.78 is 10.7. The van der Waals surface area contributed by atoms with Gasteiger partial charge in [0.2, 0.25) is 0 Å². The van der Waals surface area contributed by atoms with Gasteiger partial charge >= 0.3 is 11.9 Å². The third-order valence-electron chi connectivity index (χ3n) is 3.08. The summed E-state index contributed by atoms with van der Waals surface area (Å²) in [6.45, 7) is 10.5. The molecule has 0 radical (unpaired) electrons. The monoisotopic (exact) mass is 298 g/mol. The molecule has 1 aliphatic carbocycles. The van der Waals surface area contributed by atoms with Gasteiger partial charge in [-0.25, -0.2) is 0 Å². The summed E-state index contributed by atoms with van der Waals surface area (Å²) in [7, 11) is 0. The standard InChI is InChI=1S/C16H26O5/c1-15(2,3)20-13(18)12(10-7-8-11(17)9-10)14(19)21-16(4,5)6/h10,12H,7-9H2,1-6H3/t10-/m1/s1. The molecular formula is C16H26O5. The molecule has 0 aromatic carbocycles. The average Bonchev–Trinajstić information content (AvgIpc) is 2.58. The molecule has 21 heavy (non-hydrogen) atoms. The maximum Gasteiger partial charge on any atom is 0.321 e. The summed E-state index contributed by atoms with van der Waals surface area (Å²) in [4.78, 5) is 36.2. The van der Waals surface area contributed by atoms with Crippen LogP contribution in [-0.4, -0.2) is 28.9 Å². The zero-order valence-electron chi connectivity index (χ0n) is 13.8. The zero-order valence-corrected chi connectivity index (χ0v) is 13.8. The van der Waals surface area contributed by atoms with E-state index in [0.717, 1.165) is 0 Å². The Balaban J connectivity index is 2.92. The van der Waals surface area contributed by atoms with Crippen LogP contribution in [0.5, 0.6) is 0 Å². The van der Waals surface area contributed by atoms with Crippen LogP contribution >= 0.6 is 0 Å². The molecule has 1 saturated carbocycles. The van der Waals surface area contributed by atoms with Crippen LogP contribution < -0.4 is 0 Å². The Morgan fingerprint density at radius 3 is 1.71 bits per heavy atom. The molecule has 1 rings (SSSR count). The minimum Gasteiger partial charge on any atom is -0.459 e. The second kappa shape index (κ2) is 6.16. The van der Waals surface area contributed by atoms with E-state index in [4.69, 9.17) is 9.47 Å². The fourth-order valence-electron chi connectivity index (χ4n) is 2.34. The van der Waals surface area contributed by atoms with E-state index in [1.807, 2.05) is 0 Å². The van der Waals surface area contributed by atoms with E-state index >= 15 is 0 Å². The zero-order chi connectivity index (χ0) is 16.4. The van der Waals surface area contributed by atoms with Crippen LogP contribution in [0.25, 0.3) is 0 Å². The first-order chi connectivity index (χ1) is 9.39. The normalized spacial score (nSPS) is 19.8. The number of ether oxygens (including phenoxy) is 2. The highest BCUT2D eigenvalue weighted by Crippen LogP contribution is 2.32. The second-order valence-electron chi connectivity index (χ2n) is 7.59. The summed E-state index contributed by atoms with van der Waals surface area (Å²) in [5.74, 6) is -2.46. The summed E-state index contributed by atoms with van der Waals surface area (Å²) in [6, 6.07) is 0. The number of Topliss-reactive ketones (excluding diaryl/α,β-unsaturated/α-hetero) is 1. The Morgan fingerprint density at radius 2 is 1.43 bits per heavy atom.